The van der Waals surface area contributed by atoms with E-state index in [2.05, 4.69) is 231 Å². The molecule has 1 aliphatic rings. The molecular weight excluding hydrogens is 699 g/mol. The van der Waals surface area contributed by atoms with Gasteiger partial charge >= 0.3 is 0 Å². The van der Waals surface area contributed by atoms with Crippen LogP contribution in [0.3, 0.4) is 0 Å². The molecule has 0 unspecified atom stereocenters. The molecule has 0 amide bonds. The number of nitrogens with zero attached hydrogens (tertiary/aromatic N) is 1. The predicted molar refractivity (Wildman–Crippen MR) is 248 cm³/mol. The summed E-state index contributed by atoms with van der Waals surface area (Å²) in [4.78, 5) is 2.48. The minimum absolute atomic E-state index is 0.116. The average molecular weight is 740 g/mol. The molecule has 0 heterocycles. The van der Waals surface area contributed by atoms with E-state index in [1.807, 2.05) is 0 Å². The lowest BCUT2D eigenvalue weighted by molar-refractivity contribution is 0.661. The molecule has 1 aliphatic carbocycles. The maximum Gasteiger partial charge on any atom is 0.0546 e. The Hall–Kier alpha value is -7.22. The molecule has 0 N–H and O–H groups in total. The van der Waals surface area contributed by atoms with E-state index < -0.39 is 0 Å². The lowest BCUT2D eigenvalue weighted by Crippen LogP contribution is -2.15. The van der Waals surface area contributed by atoms with Crippen LogP contribution < -0.4 is 4.90 Å². The lowest BCUT2D eigenvalue weighted by atomic mass is 9.82. The summed E-state index contributed by atoms with van der Waals surface area (Å²) >= 11 is 0. The highest BCUT2D eigenvalue weighted by molar-refractivity contribution is 6.07. The zero-order valence-electron chi connectivity index (χ0n) is 32.7. The molecule has 0 saturated heterocycles. The second-order valence-electron chi connectivity index (χ2n) is 16.2. The third kappa shape index (κ3) is 5.62. The molecule has 0 aromatic heterocycles. The van der Waals surface area contributed by atoms with E-state index in [1.165, 1.54) is 88.0 Å². The average Bonchev–Trinajstić information content (AvgIpc) is 3.50. The van der Waals surface area contributed by atoms with Gasteiger partial charge in [-0.3, -0.25) is 0 Å². The first-order chi connectivity index (χ1) is 28.5. The van der Waals surface area contributed by atoms with E-state index in [-0.39, 0.29) is 5.41 Å². The van der Waals surface area contributed by atoms with Crippen molar-refractivity contribution < 1.29 is 0 Å². The van der Waals surface area contributed by atoms with Crippen LogP contribution in [0.4, 0.5) is 17.1 Å². The van der Waals surface area contributed by atoms with Gasteiger partial charge in [-0.2, -0.15) is 0 Å². The Balaban J connectivity index is 1.11. The minimum atomic E-state index is -0.116. The number of anilines is 3. The van der Waals surface area contributed by atoms with Crippen molar-refractivity contribution in [3.8, 4) is 44.5 Å². The van der Waals surface area contributed by atoms with E-state index in [4.69, 9.17) is 0 Å². The van der Waals surface area contributed by atoms with Crippen LogP contribution in [0.2, 0.25) is 0 Å². The molecule has 0 aliphatic heterocycles. The lowest BCUT2D eigenvalue weighted by Gasteiger charge is -2.30. The number of hydrogen-bond acceptors (Lipinski definition) is 1. The zero-order valence-corrected chi connectivity index (χ0v) is 32.7. The van der Waals surface area contributed by atoms with E-state index in [9.17, 15) is 0 Å². The molecule has 0 bridgehead atoms. The van der Waals surface area contributed by atoms with Gasteiger partial charge in [-0.15, -0.1) is 0 Å². The van der Waals surface area contributed by atoms with Gasteiger partial charge in [0.25, 0.3) is 0 Å². The van der Waals surface area contributed by atoms with Gasteiger partial charge < -0.3 is 4.90 Å². The van der Waals surface area contributed by atoms with Gasteiger partial charge in [0.15, 0.2) is 0 Å². The highest BCUT2D eigenvalue weighted by Crippen LogP contribution is 2.53. The van der Waals surface area contributed by atoms with Gasteiger partial charge in [-0.1, -0.05) is 178 Å². The summed E-state index contributed by atoms with van der Waals surface area (Å²) < 4.78 is 0. The zero-order chi connectivity index (χ0) is 38.8. The van der Waals surface area contributed by atoms with Gasteiger partial charge in [-0.05, 0) is 131 Å². The highest BCUT2D eigenvalue weighted by atomic mass is 15.1. The minimum Gasteiger partial charge on any atom is -0.310 e. The van der Waals surface area contributed by atoms with Crippen LogP contribution in [0.1, 0.15) is 25.0 Å². The Morgan fingerprint density at radius 2 is 0.828 bits per heavy atom. The number of fused-ring (bicyclic) bond motifs is 6. The van der Waals surface area contributed by atoms with E-state index in [1.54, 1.807) is 0 Å². The fraction of sp³-hybridized carbons (Fsp3) is 0.0526. The Bertz CT molecular complexity index is 3170. The molecule has 10 aromatic carbocycles. The Labute approximate surface area is 340 Å². The molecule has 10 aromatic rings. The summed E-state index contributed by atoms with van der Waals surface area (Å²) in [5.74, 6) is 0. The molecular formula is C57H41N. The monoisotopic (exact) mass is 739 g/mol. The van der Waals surface area contributed by atoms with Crippen molar-refractivity contribution in [3.63, 3.8) is 0 Å². The molecule has 0 atom stereocenters. The van der Waals surface area contributed by atoms with Crippen molar-refractivity contribution >= 4 is 49.4 Å². The Morgan fingerprint density at radius 1 is 0.328 bits per heavy atom. The van der Waals surface area contributed by atoms with Gasteiger partial charge in [-0.25, -0.2) is 0 Å². The van der Waals surface area contributed by atoms with Gasteiger partial charge in [0.1, 0.15) is 0 Å². The summed E-state index contributed by atoms with van der Waals surface area (Å²) in [5.41, 5.74) is 15.9. The number of benzene rings is 10. The van der Waals surface area contributed by atoms with Gasteiger partial charge in [0.05, 0.1) is 5.69 Å². The normalized spacial score (nSPS) is 12.8. The maximum atomic E-state index is 2.48. The summed E-state index contributed by atoms with van der Waals surface area (Å²) in [5, 5.41) is 7.48. The van der Waals surface area contributed by atoms with E-state index >= 15 is 0 Å². The van der Waals surface area contributed by atoms with Gasteiger partial charge in [0.2, 0.25) is 0 Å². The summed E-state index contributed by atoms with van der Waals surface area (Å²) in [7, 11) is 0. The van der Waals surface area contributed by atoms with E-state index in [0.717, 1.165) is 17.1 Å². The summed E-state index contributed by atoms with van der Waals surface area (Å²) in [6, 6.07) is 78.3. The molecule has 0 saturated carbocycles. The second-order valence-corrected chi connectivity index (χ2v) is 16.2. The molecule has 274 valence electrons. The summed E-state index contributed by atoms with van der Waals surface area (Å²) in [6.45, 7) is 4.74. The topological polar surface area (TPSA) is 3.24 Å². The standard InChI is InChI=1S/C57H41N/c1-57(2)53-32-31-49(37-52(53)51-35-45-17-8-9-18-46(45)36-54(51)57)58(48-29-26-42(27-30-48)41-22-20-40(21-23-41)38-12-4-3-5-13-38)55-33-28-43-15-10-11-19-50(43)56(55)47-25-24-39-14-6-7-16-44(39)34-47/h3-37H,1-2H3. The smallest absolute Gasteiger partial charge is 0.0546 e. The molecule has 0 fully saturated rings. The van der Waals surface area contributed by atoms with Crippen molar-refractivity contribution in [2.45, 2.75) is 19.3 Å². The van der Waals surface area contributed by atoms with E-state index in [0.29, 0.717) is 0 Å². The largest absolute Gasteiger partial charge is 0.310 e. The molecule has 1 heteroatoms. The van der Waals surface area contributed by atoms with Crippen molar-refractivity contribution in [3.05, 3.63) is 223 Å². The van der Waals surface area contributed by atoms with Crippen molar-refractivity contribution in [2.75, 3.05) is 4.90 Å². The van der Waals surface area contributed by atoms with Crippen LogP contribution in [0.5, 0.6) is 0 Å². The predicted octanol–water partition coefficient (Wildman–Crippen LogP) is 15.9. The van der Waals surface area contributed by atoms with Crippen LogP contribution in [-0.2, 0) is 5.41 Å². The summed E-state index contributed by atoms with van der Waals surface area (Å²) in [6.07, 6.45) is 0. The quantitative estimate of drug-likeness (QED) is 0.164. The van der Waals surface area contributed by atoms with Crippen LogP contribution in [0.25, 0.3) is 76.8 Å². The van der Waals surface area contributed by atoms with Crippen LogP contribution in [0.15, 0.2) is 212 Å². The highest BCUT2D eigenvalue weighted by Gasteiger charge is 2.36. The number of rotatable bonds is 6. The molecule has 11 rings (SSSR count). The maximum absolute atomic E-state index is 2.48. The number of hydrogen-bond donors (Lipinski definition) is 0. The first-order valence-corrected chi connectivity index (χ1v) is 20.2. The molecule has 0 spiro atoms. The Kier molecular flexibility index (Phi) is 7.91. The third-order valence-corrected chi connectivity index (χ3v) is 12.4. The molecule has 58 heavy (non-hydrogen) atoms. The molecule has 0 radical (unpaired) electrons. The third-order valence-electron chi connectivity index (χ3n) is 12.4. The Morgan fingerprint density at radius 3 is 1.53 bits per heavy atom. The molecule has 1 nitrogen and oxygen atoms in total. The fourth-order valence-electron chi connectivity index (χ4n) is 9.37. The first kappa shape index (κ1) is 34.1. The SMILES string of the molecule is CC1(C)c2ccc(N(c3ccc(-c4ccc(-c5ccccc5)cc4)cc3)c3ccc4ccccc4c3-c3ccc4ccccc4c3)cc2-c2cc3ccccc3cc21. The van der Waals surface area contributed by atoms with Crippen molar-refractivity contribution in [1.82, 2.24) is 0 Å². The van der Waals surface area contributed by atoms with Crippen molar-refractivity contribution in [1.29, 1.82) is 0 Å². The van der Waals surface area contributed by atoms with Gasteiger partial charge in [0, 0.05) is 22.4 Å². The van der Waals surface area contributed by atoms with Crippen LogP contribution in [0, 0.1) is 0 Å². The van der Waals surface area contributed by atoms with Crippen LogP contribution in [-0.4, -0.2) is 0 Å². The van der Waals surface area contributed by atoms with Crippen molar-refractivity contribution in [2.24, 2.45) is 0 Å². The van der Waals surface area contributed by atoms with Crippen LogP contribution >= 0.6 is 0 Å². The second kappa shape index (κ2) is 13.5. The fourth-order valence-corrected chi connectivity index (χ4v) is 9.37. The first-order valence-electron chi connectivity index (χ1n) is 20.2.